The Morgan fingerprint density at radius 3 is 2.69 bits per heavy atom. The largest absolute Gasteiger partial charge is 0.466 e. The zero-order valence-corrected chi connectivity index (χ0v) is 19.4. The second kappa shape index (κ2) is 9.22. The number of anilines is 1. The Hall–Kier alpha value is -3.03. The van der Waals surface area contributed by atoms with Crippen LogP contribution in [0.25, 0.3) is 0 Å². The Morgan fingerprint density at radius 2 is 1.97 bits per heavy atom. The van der Waals surface area contributed by atoms with Crippen molar-refractivity contribution in [2.45, 2.75) is 30.7 Å². The Bertz CT molecular complexity index is 1290. The van der Waals surface area contributed by atoms with Gasteiger partial charge in [0.05, 0.1) is 24.2 Å². The number of ether oxygens (including phenoxy) is 1. The molecule has 0 aliphatic carbocycles. The predicted molar refractivity (Wildman–Crippen MR) is 127 cm³/mol. The first kappa shape index (κ1) is 22.2. The number of esters is 1. The third kappa shape index (κ3) is 4.31. The van der Waals surface area contributed by atoms with Gasteiger partial charge in [-0.05, 0) is 31.0 Å². The van der Waals surface area contributed by atoms with Gasteiger partial charge in [-0.25, -0.2) is 9.78 Å². The van der Waals surface area contributed by atoms with E-state index in [1.165, 1.54) is 18.9 Å². The highest BCUT2D eigenvalue weighted by atomic mass is 35.5. The van der Waals surface area contributed by atoms with E-state index in [9.17, 15) is 9.59 Å². The lowest BCUT2D eigenvalue weighted by atomic mass is 9.82. The zero-order valence-electron chi connectivity index (χ0n) is 17.9. The van der Waals surface area contributed by atoms with E-state index in [1.807, 2.05) is 55.5 Å². The summed E-state index contributed by atoms with van der Waals surface area (Å²) in [5, 5.41) is 4.28. The van der Waals surface area contributed by atoms with E-state index in [0.29, 0.717) is 38.6 Å². The number of halogens is 1. The molecule has 6 nitrogen and oxygen atoms in total. The summed E-state index contributed by atoms with van der Waals surface area (Å²) in [4.78, 5) is 33.4. The molecule has 0 spiro atoms. The van der Waals surface area contributed by atoms with E-state index in [4.69, 9.17) is 16.3 Å². The van der Waals surface area contributed by atoms with Crippen LogP contribution in [0.3, 0.4) is 0 Å². The van der Waals surface area contributed by atoms with Gasteiger partial charge in [-0.15, -0.1) is 0 Å². The molecule has 0 fully saturated rings. The first-order valence-corrected chi connectivity index (χ1v) is 11.4. The van der Waals surface area contributed by atoms with Crippen LogP contribution in [0.4, 0.5) is 5.82 Å². The quantitative estimate of drug-likeness (QED) is 0.311. The second-order valence-corrected chi connectivity index (χ2v) is 8.89. The first-order valence-electron chi connectivity index (χ1n) is 10.0. The van der Waals surface area contributed by atoms with Gasteiger partial charge in [-0.2, -0.15) is 0 Å². The number of hydrogen-bond acceptors (Lipinski definition) is 6. The molecule has 1 unspecified atom stereocenters. The molecule has 0 bridgehead atoms. The Balaban J connectivity index is 1.77. The fourth-order valence-electron chi connectivity index (χ4n) is 3.82. The number of carbonyl (C=O) groups excluding carboxylic acids is 1. The number of nitrogens with zero attached hydrogens (tertiary/aromatic N) is 1. The highest BCUT2D eigenvalue weighted by Crippen LogP contribution is 2.40. The van der Waals surface area contributed by atoms with Crippen molar-refractivity contribution < 1.29 is 9.53 Å². The van der Waals surface area contributed by atoms with Gasteiger partial charge in [0.25, 0.3) is 5.56 Å². The summed E-state index contributed by atoms with van der Waals surface area (Å²) in [7, 11) is 1.34. The van der Waals surface area contributed by atoms with Gasteiger partial charge in [0.1, 0.15) is 5.82 Å². The maximum Gasteiger partial charge on any atom is 0.336 e. The molecule has 164 valence electrons. The Morgan fingerprint density at radius 1 is 1.19 bits per heavy atom. The van der Waals surface area contributed by atoms with Gasteiger partial charge < -0.3 is 15.0 Å². The number of benzene rings is 2. The maximum atomic E-state index is 13.2. The van der Waals surface area contributed by atoms with Crippen molar-refractivity contribution in [2.75, 3.05) is 12.4 Å². The van der Waals surface area contributed by atoms with Crippen LogP contribution < -0.4 is 10.9 Å². The lowest BCUT2D eigenvalue weighted by Gasteiger charge is -2.28. The molecule has 2 aromatic carbocycles. The molecule has 3 aromatic rings. The van der Waals surface area contributed by atoms with E-state index >= 15 is 0 Å². The number of H-pyrrole nitrogens is 1. The number of aryl methyl sites for hydroxylation is 1. The van der Waals surface area contributed by atoms with Crippen molar-refractivity contribution in [1.29, 1.82) is 0 Å². The molecule has 1 aliphatic heterocycles. The molecule has 0 radical (unpaired) electrons. The van der Waals surface area contributed by atoms with E-state index in [-0.39, 0.29) is 5.56 Å². The van der Waals surface area contributed by atoms with E-state index < -0.39 is 11.9 Å². The molecular formula is C24H22ClN3O3S. The minimum atomic E-state index is -0.586. The van der Waals surface area contributed by atoms with Crippen LogP contribution in [-0.4, -0.2) is 23.0 Å². The molecule has 1 aromatic heterocycles. The molecule has 2 N–H and O–H groups in total. The average Bonchev–Trinajstić information content (AvgIpc) is 2.77. The fraction of sp³-hybridized carbons (Fsp3) is 0.208. The van der Waals surface area contributed by atoms with Crippen LogP contribution in [0.2, 0.25) is 5.02 Å². The summed E-state index contributed by atoms with van der Waals surface area (Å²) in [5.74, 6) is -0.0708. The summed E-state index contributed by atoms with van der Waals surface area (Å²) >= 11 is 7.64. The standard InChI is InChI=1S/C24H22ClN3O3S/c1-13-7-6-9-15(11-13)19-18(23(30)31-3)14(2)26-21-20(19)22(29)28-24(27-21)32-12-16-8-4-5-10-17(16)25/h4-11,19H,12H2,1-3H3,(H2,26,27,28,29). The van der Waals surface area contributed by atoms with E-state index in [1.54, 1.807) is 6.92 Å². The normalized spacial score (nSPS) is 15.2. The number of methoxy groups -OCH3 is 1. The molecule has 2 heterocycles. The Kier molecular flexibility index (Phi) is 6.39. The summed E-state index contributed by atoms with van der Waals surface area (Å²) in [6.45, 7) is 3.76. The molecular weight excluding hydrogens is 446 g/mol. The van der Waals surface area contributed by atoms with Crippen LogP contribution in [0.15, 0.2) is 69.8 Å². The van der Waals surface area contributed by atoms with E-state index in [0.717, 1.165) is 16.7 Å². The van der Waals surface area contributed by atoms with Crippen molar-refractivity contribution in [3.63, 3.8) is 0 Å². The molecule has 8 heteroatoms. The molecule has 1 atom stereocenters. The van der Waals surface area contributed by atoms with Gasteiger partial charge in [-0.3, -0.25) is 4.79 Å². The number of thioether (sulfide) groups is 1. The maximum absolute atomic E-state index is 13.2. The average molecular weight is 468 g/mol. The van der Waals surface area contributed by atoms with E-state index in [2.05, 4.69) is 15.3 Å². The number of aromatic amines is 1. The number of fused-ring (bicyclic) bond motifs is 1. The summed E-state index contributed by atoms with van der Waals surface area (Å²) in [5.41, 5.74) is 3.91. The van der Waals surface area contributed by atoms with Crippen molar-refractivity contribution in [1.82, 2.24) is 9.97 Å². The number of hydrogen-bond donors (Lipinski definition) is 2. The molecule has 32 heavy (non-hydrogen) atoms. The second-order valence-electron chi connectivity index (χ2n) is 7.52. The smallest absolute Gasteiger partial charge is 0.336 e. The topological polar surface area (TPSA) is 84.1 Å². The van der Waals surface area contributed by atoms with Crippen molar-refractivity contribution >= 4 is 35.1 Å². The number of nitrogens with one attached hydrogen (secondary N) is 2. The minimum absolute atomic E-state index is 0.301. The van der Waals surface area contributed by atoms with Crippen LogP contribution in [0.1, 0.15) is 35.1 Å². The molecule has 4 rings (SSSR count). The fourth-order valence-corrected chi connectivity index (χ4v) is 4.97. The van der Waals surface area contributed by atoms with Gasteiger partial charge >= 0.3 is 5.97 Å². The minimum Gasteiger partial charge on any atom is -0.466 e. The predicted octanol–water partition coefficient (Wildman–Crippen LogP) is 5.03. The SMILES string of the molecule is COC(=O)C1=C(C)Nc2nc(SCc3ccccc3Cl)[nH]c(=O)c2C1c1cccc(C)c1. The van der Waals surface area contributed by atoms with Gasteiger partial charge in [0.2, 0.25) is 0 Å². The third-order valence-electron chi connectivity index (χ3n) is 5.32. The number of aromatic nitrogens is 2. The summed E-state index contributed by atoms with van der Waals surface area (Å²) < 4.78 is 5.03. The molecule has 1 aliphatic rings. The van der Waals surface area contributed by atoms with Crippen molar-refractivity contribution in [2.24, 2.45) is 0 Å². The van der Waals surface area contributed by atoms with Gasteiger partial charge in [0, 0.05) is 16.5 Å². The first-order chi connectivity index (χ1) is 15.4. The summed E-state index contributed by atoms with van der Waals surface area (Å²) in [6.07, 6.45) is 0. The molecule has 0 saturated carbocycles. The lowest BCUT2D eigenvalue weighted by Crippen LogP contribution is -2.31. The van der Waals surface area contributed by atoms with Crippen molar-refractivity contribution in [3.8, 4) is 0 Å². The van der Waals surface area contributed by atoms with Crippen molar-refractivity contribution in [3.05, 3.63) is 97.4 Å². The van der Waals surface area contributed by atoms with Crippen LogP contribution in [0.5, 0.6) is 0 Å². The zero-order chi connectivity index (χ0) is 22.8. The number of allylic oxidation sites excluding steroid dienone is 1. The highest BCUT2D eigenvalue weighted by Gasteiger charge is 2.36. The van der Waals surface area contributed by atoms with Gasteiger partial charge in [0.15, 0.2) is 5.16 Å². The lowest BCUT2D eigenvalue weighted by molar-refractivity contribution is -0.136. The number of carbonyl (C=O) groups is 1. The molecule has 0 saturated heterocycles. The third-order valence-corrected chi connectivity index (χ3v) is 6.61. The van der Waals surface area contributed by atoms with Gasteiger partial charge in [-0.1, -0.05) is 71.4 Å². The number of rotatable bonds is 5. The monoisotopic (exact) mass is 467 g/mol. The molecule has 0 amide bonds. The van der Waals surface area contributed by atoms with Crippen LogP contribution in [0, 0.1) is 6.92 Å². The highest BCUT2D eigenvalue weighted by molar-refractivity contribution is 7.98. The Labute approximate surface area is 195 Å². The van der Waals surface area contributed by atoms with Crippen LogP contribution in [-0.2, 0) is 15.3 Å². The van der Waals surface area contributed by atoms with Crippen LogP contribution >= 0.6 is 23.4 Å². The summed E-state index contributed by atoms with van der Waals surface area (Å²) in [6, 6.07) is 15.3.